The van der Waals surface area contributed by atoms with E-state index < -0.39 is 8.07 Å². The Bertz CT molecular complexity index is 561. The highest BCUT2D eigenvalue weighted by Crippen LogP contribution is 2.29. The number of carbonyl (C=O) groups is 1. The van der Waals surface area contributed by atoms with Crippen LogP contribution < -0.4 is 9.92 Å². The molecule has 2 rings (SSSR count). The van der Waals surface area contributed by atoms with Crippen molar-refractivity contribution in [1.82, 2.24) is 0 Å². The highest BCUT2D eigenvalue weighted by atomic mass is 28.3. The monoisotopic (exact) mass is 272 g/mol. The Hall–Kier alpha value is -1.53. The van der Waals surface area contributed by atoms with E-state index in [1.165, 1.54) is 5.19 Å². The molecule has 0 saturated carbocycles. The highest BCUT2D eigenvalue weighted by molar-refractivity contribution is 6.89. The van der Waals surface area contributed by atoms with Crippen LogP contribution in [0, 0.1) is 12.3 Å². The number of ketones is 1. The lowest BCUT2D eigenvalue weighted by molar-refractivity contribution is 0.101. The van der Waals surface area contributed by atoms with E-state index in [0.29, 0.717) is 0 Å². The van der Waals surface area contributed by atoms with E-state index in [1.54, 1.807) is 6.92 Å². The second-order valence-electron chi connectivity index (χ2n) is 6.13. The lowest BCUT2D eigenvalue weighted by Gasteiger charge is -2.29. The van der Waals surface area contributed by atoms with E-state index in [2.05, 4.69) is 25.6 Å². The summed E-state index contributed by atoms with van der Waals surface area (Å²) in [5, 5.41) is 1.20. The maximum atomic E-state index is 11.7. The minimum absolute atomic E-state index is 0.112. The van der Waals surface area contributed by atoms with Crippen LogP contribution in [0.1, 0.15) is 29.3 Å². The molecule has 2 nitrogen and oxygen atoms in total. The number of ether oxygens (including phenoxy) is 1. The highest BCUT2D eigenvalue weighted by Gasteiger charge is 2.28. The van der Waals surface area contributed by atoms with Gasteiger partial charge in [0.2, 0.25) is 0 Å². The number of rotatable bonds is 2. The summed E-state index contributed by atoms with van der Waals surface area (Å²) in [4.78, 5) is 11.7. The summed E-state index contributed by atoms with van der Waals surface area (Å²) in [5.41, 5.74) is 1.93. The fourth-order valence-corrected chi connectivity index (χ4v) is 3.87. The van der Waals surface area contributed by atoms with Crippen LogP contribution >= 0.6 is 0 Å². The Morgan fingerprint density at radius 3 is 2.63 bits per heavy atom. The van der Waals surface area contributed by atoms with Crippen molar-refractivity contribution in [3.05, 3.63) is 23.3 Å². The van der Waals surface area contributed by atoms with E-state index >= 15 is 0 Å². The van der Waals surface area contributed by atoms with Crippen molar-refractivity contribution in [2.24, 2.45) is 0 Å². The van der Waals surface area contributed by atoms with E-state index in [4.69, 9.17) is 11.2 Å². The number of benzene rings is 1. The first-order chi connectivity index (χ1) is 8.82. The van der Waals surface area contributed by atoms with Crippen molar-refractivity contribution in [2.75, 3.05) is 0 Å². The largest absolute Gasteiger partial charge is 0.478 e. The van der Waals surface area contributed by atoms with Gasteiger partial charge in [0.15, 0.2) is 11.9 Å². The molecule has 0 spiro atoms. The number of fused-ring (bicyclic) bond motifs is 1. The van der Waals surface area contributed by atoms with E-state index in [9.17, 15) is 4.79 Å². The van der Waals surface area contributed by atoms with Crippen molar-refractivity contribution < 1.29 is 9.53 Å². The molecule has 19 heavy (non-hydrogen) atoms. The number of aryl methyl sites for hydroxylation is 1. The van der Waals surface area contributed by atoms with Gasteiger partial charge in [-0.05, 0) is 42.6 Å². The van der Waals surface area contributed by atoms with Gasteiger partial charge in [-0.25, -0.2) is 0 Å². The normalized spacial score (nSPS) is 18.2. The lowest BCUT2D eigenvalue weighted by atomic mass is 9.99. The van der Waals surface area contributed by atoms with Crippen LogP contribution in [0.25, 0.3) is 0 Å². The maximum absolute atomic E-state index is 11.7. The molecule has 0 aliphatic carbocycles. The molecule has 0 radical (unpaired) electrons. The van der Waals surface area contributed by atoms with Crippen LogP contribution in [0.3, 0.4) is 0 Å². The van der Waals surface area contributed by atoms with Crippen LogP contribution in [0.2, 0.25) is 19.6 Å². The van der Waals surface area contributed by atoms with E-state index in [1.807, 2.05) is 12.1 Å². The quantitative estimate of drug-likeness (QED) is 0.470. The van der Waals surface area contributed by atoms with Gasteiger partial charge >= 0.3 is 0 Å². The smallest absolute Gasteiger partial charge is 0.159 e. The summed E-state index contributed by atoms with van der Waals surface area (Å²) in [6, 6.07) is 3.97. The van der Waals surface area contributed by atoms with Gasteiger partial charge in [-0.15, -0.1) is 6.42 Å². The molecule has 1 aliphatic rings. The summed E-state index contributed by atoms with van der Waals surface area (Å²) >= 11 is 0. The topological polar surface area (TPSA) is 26.3 Å². The van der Waals surface area contributed by atoms with E-state index in [0.717, 1.165) is 29.7 Å². The van der Waals surface area contributed by atoms with Gasteiger partial charge in [-0.2, -0.15) is 0 Å². The van der Waals surface area contributed by atoms with Crippen LogP contribution in [0.5, 0.6) is 5.75 Å². The molecular formula is C16H20O2Si. The molecule has 3 heteroatoms. The van der Waals surface area contributed by atoms with E-state index in [-0.39, 0.29) is 11.9 Å². The second kappa shape index (κ2) is 4.86. The Morgan fingerprint density at radius 2 is 2.11 bits per heavy atom. The summed E-state index contributed by atoms with van der Waals surface area (Å²) in [6.07, 6.45) is 7.07. The predicted molar refractivity (Wildman–Crippen MR) is 81.0 cm³/mol. The van der Waals surface area contributed by atoms with Crippen molar-refractivity contribution in [1.29, 1.82) is 0 Å². The predicted octanol–water partition coefficient (Wildman–Crippen LogP) is 2.76. The van der Waals surface area contributed by atoms with Crippen molar-refractivity contribution >= 4 is 19.0 Å². The first-order valence-electron chi connectivity index (χ1n) is 6.64. The number of Topliss-reactive ketones (excluding diaryl/α,β-unsaturated/α-hetero) is 1. The SMILES string of the molecule is C#CC1CCc2cc(C(C)=O)cc([Si](C)(C)C)c2O1. The number of hydrogen-bond donors (Lipinski definition) is 0. The van der Waals surface area contributed by atoms with Gasteiger partial charge in [0.05, 0.1) is 8.07 Å². The molecular weight excluding hydrogens is 252 g/mol. The molecule has 1 atom stereocenters. The Morgan fingerprint density at radius 1 is 1.42 bits per heavy atom. The summed E-state index contributed by atoms with van der Waals surface area (Å²) in [7, 11) is -1.58. The molecule has 0 fully saturated rings. The van der Waals surface area contributed by atoms with Crippen molar-refractivity contribution in [3.8, 4) is 18.1 Å². The molecule has 1 heterocycles. The first-order valence-corrected chi connectivity index (χ1v) is 10.1. The second-order valence-corrected chi connectivity index (χ2v) is 11.2. The standard InChI is InChI=1S/C16H20O2Si/c1-6-14-8-7-12-9-13(11(2)17)10-15(16(12)18-14)19(3,4)5/h1,9-10,14H,7-8H2,2-5H3. The third-order valence-corrected chi connectivity index (χ3v) is 5.49. The minimum atomic E-state index is -1.58. The molecule has 100 valence electrons. The Balaban J connectivity index is 2.60. The van der Waals surface area contributed by atoms with Gasteiger partial charge in [0.1, 0.15) is 5.75 Å². The molecule has 0 amide bonds. The van der Waals surface area contributed by atoms with Gasteiger partial charge < -0.3 is 4.74 Å². The third-order valence-electron chi connectivity index (χ3n) is 3.50. The zero-order valence-electron chi connectivity index (χ0n) is 12.0. The van der Waals surface area contributed by atoms with Crippen LogP contribution in [-0.2, 0) is 6.42 Å². The molecule has 1 aromatic rings. The summed E-state index contributed by atoms with van der Waals surface area (Å²) in [5.74, 6) is 3.74. The summed E-state index contributed by atoms with van der Waals surface area (Å²) < 4.78 is 5.96. The molecule has 0 bridgehead atoms. The molecule has 0 aromatic heterocycles. The average Bonchev–Trinajstić information content (AvgIpc) is 2.35. The molecule has 1 aromatic carbocycles. The van der Waals surface area contributed by atoms with Crippen molar-refractivity contribution in [2.45, 2.75) is 45.5 Å². The van der Waals surface area contributed by atoms with Crippen molar-refractivity contribution in [3.63, 3.8) is 0 Å². The molecule has 1 unspecified atom stereocenters. The van der Waals surface area contributed by atoms with Crippen LogP contribution in [0.15, 0.2) is 12.1 Å². The minimum Gasteiger partial charge on any atom is -0.478 e. The van der Waals surface area contributed by atoms with Gasteiger partial charge in [-0.3, -0.25) is 4.79 Å². The Kier molecular flexibility index (Phi) is 3.55. The molecule has 1 aliphatic heterocycles. The number of hydrogen-bond acceptors (Lipinski definition) is 2. The van der Waals surface area contributed by atoms with Gasteiger partial charge in [-0.1, -0.05) is 25.6 Å². The maximum Gasteiger partial charge on any atom is 0.159 e. The fourth-order valence-electron chi connectivity index (χ4n) is 2.38. The fraction of sp³-hybridized carbons (Fsp3) is 0.438. The summed E-state index contributed by atoms with van der Waals surface area (Å²) in [6.45, 7) is 8.39. The zero-order chi connectivity index (χ0) is 14.2. The Labute approximate surface area is 116 Å². The van der Waals surface area contributed by atoms with Crippen LogP contribution in [-0.4, -0.2) is 20.0 Å². The van der Waals surface area contributed by atoms with Gasteiger partial charge in [0.25, 0.3) is 0 Å². The lowest BCUT2D eigenvalue weighted by Crippen LogP contribution is -2.41. The van der Waals surface area contributed by atoms with Crippen LogP contribution in [0.4, 0.5) is 0 Å². The van der Waals surface area contributed by atoms with Gasteiger partial charge in [0, 0.05) is 5.56 Å². The molecule has 0 saturated heterocycles. The number of carbonyl (C=O) groups excluding carboxylic acids is 1. The first kappa shape index (κ1) is 13.9. The average molecular weight is 272 g/mol. The molecule has 0 N–H and O–H groups in total. The number of terminal acetylenes is 1. The zero-order valence-corrected chi connectivity index (χ0v) is 13.0. The third kappa shape index (κ3) is 2.74.